The molecule has 106 valence electrons. The van der Waals surface area contributed by atoms with Crippen LogP contribution in [0.25, 0.3) is 0 Å². The highest BCUT2D eigenvalue weighted by molar-refractivity contribution is 5.82. The van der Waals surface area contributed by atoms with Gasteiger partial charge in [0.1, 0.15) is 6.04 Å². The predicted octanol–water partition coefficient (Wildman–Crippen LogP) is 0.154. The van der Waals surface area contributed by atoms with E-state index in [2.05, 4.69) is 5.32 Å². The zero-order chi connectivity index (χ0) is 14.0. The Labute approximate surface area is 107 Å². The van der Waals surface area contributed by atoms with Crippen LogP contribution in [-0.2, 0) is 14.3 Å². The van der Waals surface area contributed by atoms with Crippen molar-refractivity contribution in [3.63, 3.8) is 0 Å². The van der Waals surface area contributed by atoms with Crippen LogP contribution in [0.2, 0.25) is 0 Å². The number of aliphatic carboxylic acids is 1. The quantitative estimate of drug-likeness (QED) is 0.578. The second-order valence-electron chi connectivity index (χ2n) is 3.84. The molecule has 0 saturated heterocycles. The number of hydrogen-bond donors (Lipinski definition) is 2. The molecule has 0 aliphatic rings. The number of carbonyl (C=O) groups excluding carboxylic acids is 1. The minimum absolute atomic E-state index is 0.405. The van der Waals surface area contributed by atoms with Gasteiger partial charge in [0.05, 0.1) is 6.61 Å². The van der Waals surface area contributed by atoms with Gasteiger partial charge in [-0.1, -0.05) is 0 Å². The fourth-order valence-electron chi connectivity index (χ4n) is 1.25. The zero-order valence-electron chi connectivity index (χ0n) is 11.1. The Morgan fingerprint density at radius 1 is 1.22 bits per heavy atom. The number of nitrogens with zero attached hydrogens (tertiary/aromatic N) is 1. The lowest BCUT2D eigenvalue weighted by Gasteiger charge is -2.23. The van der Waals surface area contributed by atoms with Crippen LogP contribution >= 0.6 is 0 Å². The molecular formula is C11H22N2O5. The number of hydrogen-bond acceptors (Lipinski definition) is 4. The van der Waals surface area contributed by atoms with Gasteiger partial charge in [-0.3, -0.25) is 4.79 Å². The SMILES string of the molecule is COCCCN(CCOC)C(=O)N[C@H](C)C(=O)O. The Balaban J connectivity index is 4.24. The molecule has 0 aromatic heterocycles. The molecule has 0 rings (SSSR count). The number of carboxylic acids is 1. The van der Waals surface area contributed by atoms with Gasteiger partial charge in [0.15, 0.2) is 0 Å². The number of methoxy groups -OCH3 is 2. The van der Waals surface area contributed by atoms with Crippen LogP contribution < -0.4 is 5.32 Å². The Morgan fingerprint density at radius 3 is 2.33 bits per heavy atom. The van der Waals surface area contributed by atoms with Crippen LogP contribution in [0.4, 0.5) is 4.79 Å². The van der Waals surface area contributed by atoms with Crippen LogP contribution in [0.15, 0.2) is 0 Å². The molecule has 2 amide bonds. The summed E-state index contributed by atoms with van der Waals surface area (Å²) in [6.45, 7) is 3.28. The Bertz CT molecular complexity index is 260. The van der Waals surface area contributed by atoms with Crippen molar-refractivity contribution in [3.05, 3.63) is 0 Å². The second kappa shape index (κ2) is 9.67. The number of nitrogens with one attached hydrogen (secondary N) is 1. The molecule has 0 radical (unpaired) electrons. The minimum Gasteiger partial charge on any atom is -0.480 e. The van der Waals surface area contributed by atoms with Crippen molar-refractivity contribution in [2.75, 3.05) is 40.5 Å². The average molecular weight is 262 g/mol. The summed E-state index contributed by atoms with van der Waals surface area (Å²) in [4.78, 5) is 24.0. The van der Waals surface area contributed by atoms with E-state index in [1.54, 1.807) is 14.2 Å². The summed E-state index contributed by atoms with van der Waals surface area (Å²) in [6.07, 6.45) is 0.690. The zero-order valence-corrected chi connectivity index (χ0v) is 11.1. The number of carbonyl (C=O) groups is 2. The molecule has 18 heavy (non-hydrogen) atoms. The summed E-state index contributed by atoms with van der Waals surface area (Å²) in [5.41, 5.74) is 0. The largest absolute Gasteiger partial charge is 0.480 e. The molecule has 0 saturated carbocycles. The number of rotatable bonds is 9. The summed E-state index contributed by atoms with van der Waals surface area (Å²) in [7, 11) is 3.14. The third kappa shape index (κ3) is 7.08. The summed E-state index contributed by atoms with van der Waals surface area (Å²) in [5.74, 6) is -1.06. The first-order chi connectivity index (χ1) is 8.52. The average Bonchev–Trinajstić information content (AvgIpc) is 2.33. The van der Waals surface area contributed by atoms with E-state index >= 15 is 0 Å². The molecule has 0 aromatic carbocycles. The summed E-state index contributed by atoms with van der Waals surface area (Å²) in [6, 6.07) is -1.32. The maximum atomic E-state index is 11.8. The Hall–Kier alpha value is -1.34. The molecule has 0 spiro atoms. The van der Waals surface area contributed by atoms with Crippen LogP contribution in [0.1, 0.15) is 13.3 Å². The summed E-state index contributed by atoms with van der Waals surface area (Å²) < 4.78 is 9.82. The lowest BCUT2D eigenvalue weighted by atomic mass is 10.3. The molecule has 7 nitrogen and oxygen atoms in total. The van der Waals surface area contributed by atoms with E-state index in [1.165, 1.54) is 11.8 Å². The van der Waals surface area contributed by atoms with Gasteiger partial charge in [-0.15, -0.1) is 0 Å². The maximum absolute atomic E-state index is 11.8. The molecule has 7 heteroatoms. The van der Waals surface area contributed by atoms with Crippen LogP contribution in [0.5, 0.6) is 0 Å². The first-order valence-corrected chi connectivity index (χ1v) is 5.79. The fraction of sp³-hybridized carbons (Fsp3) is 0.818. The number of urea groups is 1. The number of carboxylic acid groups (broad SMARTS) is 1. The molecular weight excluding hydrogens is 240 g/mol. The molecule has 0 aromatic rings. The third-order valence-corrected chi connectivity index (χ3v) is 2.34. The van der Waals surface area contributed by atoms with Crippen molar-refractivity contribution >= 4 is 12.0 Å². The highest BCUT2D eigenvalue weighted by Gasteiger charge is 2.18. The van der Waals surface area contributed by atoms with Gasteiger partial charge in [-0.25, -0.2) is 4.79 Å². The molecule has 0 bridgehead atoms. The summed E-state index contributed by atoms with van der Waals surface area (Å²) in [5, 5.41) is 11.1. The van der Waals surface area contributed by atoms with Crippen molar-refractivity contribution in [3.8, 4) is 0 Å². The topological polar surface area (TPSA) is 88.1 Å². The first-order valence-electron chi connectivity index (χ1n) is 5.79. The van der Waals surface area contributed by atoms with Crippen molar-refractivity contribution in [2.45, 2.75) is 19.4 Å². The van der Waals surface area contributed by atoms with Crippen LogP contribution in [0, 0.1) is 0 Å². The lowest BCUT2D eigenvalue weighted by Crippen LogP contribution is -2.48. The van der Waals surface area contributed by atoms with Gasteiger partial charge in [-0.05, 0) is 13.3 Å². The van der Waals surface area contributed by atoms with E-state index in [9.17, 15) is 9.59 Å². The predicted molar refractivity (Wildman–Crippen MR) is 65.6 cm³/mol. The molecule has 0 heterocycles. The molecule has 0 aliphatic heterocycles. The van der Waals surface area contributed by atoms with Gasteiger partial charge in [0.25, 0.3) is 0 Å². The smallest absolute Gasteiger partial charge is 0.325 e. The van der Waals surface area contributed by atoms with E-state index in [-0.39, 0.29) is 0 Å². The van der Waals surface area contributed by atoms with Gasteiger partial charge >= 0.3 is 12.0 Å². The van der Waals surface area contributed by atoms with Gasteiger partial charge in [0.2, 0.25) is 0 Å². The standard InChI is InChI=1S/C11H22N2O5/c1-9(10(14)15)12-11(16)13(6-8-18-3)5-4-7-17-2/h9H,4-8H2,1-3H3,(H,12,16)(H,14,15)/t9-/m1/s1. The highest BCUT2D eigenvalue weighted by atomic mass is 16.5. The maximum Gasteiger partial charge on any atom is 0.325 e. The molecule has 0 fully saturated rings. The van der Waals surface area contributed by atoms with Crippen molar-refractivity contribution in [1.82, 2.24) is 10.2 Å². The van der Waals surface area contributed by atoms with Crippen molar-refractivity contribution in [2.24, 2.45) is 0 Å². The van der Waals surface area contributed by atoms with E-state index < -0.39 is 18.0 Å². The van der Waals surface area contributed by atoms with Crippen molar-refractivity contribution < 1.29 is 24.2 Å². The van der Waals surface area contributed by atoms with Gasteiger partial charge in [0, 0.05) is 33.9 Å². The molecule has 1 atom stereocenters. The lowest BCUT2D eigenvalue weighted by molar-refractivity contribution is -0.138. The first kappa shape index (κ1) is 16.7. The Morgan fingerprint density at radius 2 is 1.83 bits per heavy atom. The normalized spacial score (nSPS) is 11.9. The van der Waals surface area contributed by atoms with E-state index in [1.807, 2.05) is 0 Å². The minimum atomic E-state index is -1.06. The highest BCUT2D eigenvalue weighted by Crippen LogP contribution is 1.95. The van der Waals surface area contributed by atoms with Gasteiger partial charge in [-0.2, -0.15) is 0 Å². The van der Waals surface area contributed by atoms with Crippen LogP contribution in [-0.4, -0.2) is 68.6 Å². The number of ether oxygens (including phenoxy) is 2. The number of amides is 2. The second-order valence-corrected chi connectivity index (χ2v) is 3.84. The molecule has 0 aliphatic carbocycles. The van der Waals surface area contributed by atoms with E-state index in [0.717, 1.165) is 0 Å². The Kier molecular flexibility index (Phi) is 8.95. The van der Waals surface area contributed by atoms with E-state index in [0.29, 0.717) is 32.7 Å². The third-order valence-electron chi connectivity index (χ3n) is 2.34. The molecule has 2 N–H and O–H groups in total. The fourth-order valence-corrected chi connectivity index (χ4v) is 1.25. The van der Waals surface area contributed by atoms with Gasteiger partial charge < -0.3 is 24.8 Å². The van der Waals surface area contributed by atoms with Crippen LogP contribution in [0.3, 0.4) is 0 Å². The van der Waals surface area contributed by atoms with E-state index in [4.69, 9.17) is 14.6 Å². The molecule has 0 unspecified atom stereocenters. The summed E-state index contributed by atoms with van der Waals surface area (Å²) >= 11 is 0. The monoisotopic (exact) mass is 262 g/mol. The van der Waals surface area contributed by atoms with Crippen molar-refractivity contribution in [1.29, 1.82) is 0 Å².